The molecule has 39 heavy (non-hydrogen) atoms. The van der Waals surface area contributed by atoms with Crippen LogP contribution in [-0.2, 0) is 5.41 Å². The molecule has 0 amide bonds. The van der Waals surface area contributed by atoms with Crippen molar-refractivity contribution < 1.29 is 9.15 Å². The summed E-state index contributed by atoms with van der Waals surface area (Å²) in [4.78, 5) is 0. The maximum Gasteiger partial charge on any atom is 0.256 e. The Morgan fingerprint density at radius 2 is 1.59 bits per heavy atom. The Hall–Kier alpha value is -4.51. The van der Waals surface area contributed by atoms with Crippen LogP contribution in [0.5, 0.6) is 11.5 Å². The van der Waals surface area contributed by atoms with Crippen LogP contribution in [0.2, 0.25) is 0 Å². The van der Waals surface area contributed by atoms with E-state index in [1.807, 2.05) is 12.1 Å². The summed E-state index contributed by atoms with van der Waals surface area (Å²) in [6, 6.07) is 28.2. The van der Waals surface area contributed by atoms with Crippen molar-refractivity contribution in [1.29, 1.82) is 0 Å². The molecule has 0 atom stereocenters. The molecular weight excluding hydrogens is 479 g/mol. The van der Waals surface area contributed by atoms with Crippen molar-refractivity contribution in [3.8, 4) is 17.2 Å². The lowest BCUT2D eigenvalue weighted by molar-refractivity contribution is 0.487. The minimum absolute atomic E-state index is 0.0292. The summed E-state index contributed by atoms with van der Waals surface area (Å²) in [6.07, 6.45) is 0. The minimum atomic E-state index is -0.0516. The number of fused-ring (bicyclic) bond motifs is 10. The number of hydrogen-bond acceptors (Lipinski definition) is 3. The average Bonchev–Trinajstić information content (AvgIpc) is 3.48. The van der Waals surface area contributed by atoms with Gasteiger partial charge in [0.15, 0.2) is 0 Å². The first-order chi connectivity index (χ1) is 18.9. The molecule has 4 heterocycles. The first kappa shape index (κ1) is 21.4. The maximum atomic E-state index is 6.94. The second-order valence-corrected chi connectivity index (χ2v) is 12.1. The van der Waals surface area contributed by atoms with Crippen LogP contribution in [0.15, 0.2) is 83.3 Å². The fourth-order valence-corrected chi connectivity index (χ4v) is 6.92. The van der Waals surface area contributed by atoms with E-state index < -0.39 is 0 Å². The third-order valence-electron chi connectivity index (χ3n) is 8.74. The van der Waals surface area contributed by atoms with Gasteiger partial charge in [-0.1, -0.05) is 75.4 Å². The van der Waals surface area contributed by atoms with Gasteiger partial charge in [0.05, 0.1) is 22.3 Å². The summed E-state index contributed by atoms with van der Waals surface area (Å²) < 4.78 is 15.4. The van der Waals surface area contributed by atoms with Gasteiger partial charge < -0.3 is 9.15 Å². The topological polar surface area (TPSA) is 40.2 Å². The highest BCUT2D eigenvalue weighted by Crippen LogP contribution is 2.42. The predicted octanol–water partition coefficient (Wildman–Crippen LogP) is 6.62. The number of para-hydroxylation sites is 1. The van der Waals surface area contributed by atoms with E-state index in [1.165, 1.54) is 43.6 Å². The Morgan fingerprint density at radius 3 is 2.44 bits per heavy atom. The van der Waals surface area contributed by atoms with Crippen LogP contribution in [0.3, 0.4) is 0 Å². The molecule has 0 spiro atoms. The lowest BCUT2D eigenvalue weighted by Crippen LogP contribution is -2.58. The molecule has 5 heteroatoms. The molecule has 9 rings (SSSR count). The van der Waals surface area contributed by atoms with E-state index in [2.05, 4.69) is 99.1 Å². The van der Waals surface area contributed by atoms with E-state index in [1.54, 1.807) is 0 Å². The summed E-state index contributed by atoms with van der Waals surface area (Å²) in [5.74, 6) is 1.81. The summed E-state index contributed by atoms with van der Waals surface area (Å²) >= 11 is 0. The third kappa shape index (κ3) is 2.63. The van der Waals surface area contributed by atoms with E-state index in [4.69, 9.17) is 14.3 Å². The molecule has 186 valence electrons. The number of furan rings is 1. The van der Waals surface area contributed by atoms with Gasteiger partial charge in [-0.3, -0.25) is 0 Å². The number of nitrogens with zero attached hydrogens (tertiary/aromatic N) is 2. The van der Waals surface area contributed by atoms with Crippen molar-refractivity contribution in [1.82, 2.24) is 9.78 Å². The van der Waals surface area contributed by atoms with E-state index in [0.29, 0.717) is 0 Å². The smallest absolute Gasteiger partial charge is 0.256 e. The molecule has 5 aromatic carbocycles. The molecule has 0 saturated carbocycles. The zero-order chi connectivity index (χ0) is 26.2. The van der Waals surface area contributed by atoms with Gasteiger partial charge in [-0.25, -0.2) is 4.68 Å². The quantitative estimate of drug-likeness (QED) is 0.218. The normalized spacial score (nSPS) is 13.8. The fraction of sp³-hybridized carbons (Fsp3) is 0.147. The third-order valence-corrected chi connectivity index (χ3v) is 8.74. The molecule has 0 aliphatic carbocycles. The number of ether oxygens (including phenoxy) is 1. The van der Waals surface area contributed by atoms with Gasteiger partial charge in [-0.05, 0) is 69.3 Å². The Balaban J connectivity index is 1.49. The average molecular weight is 504 g/mol. The van der Waals surface area contributed by atoms with Gasteiger partial charge in [0.1, 0.15) is 22.7 Å². The van der Waals surface area contributed by atoms with Gasteiger partial charge in [-0.2, -0.15) is 5.10 Å². The Morgan fingerprint density at radius 1 is 0.795 bits per heavy atom. The van der Waals surface area contributed by atoms with E-state index in [-0.39, 0.29) is 12.1 Å². The molecule has 0 unspecified atom stereocenters. The number of aryl methyl sites for hydroxylation is 1. The van der Waals surface area contributed by atoms with Crippen LogP contribution >= 0.6 is 0 Å². The molecule has 0 saturated heterocycles. The highest BCUT2D eigenvalue weighted by atomic mass is 16.5. The van der Waals surface area contributed by atoms with Crippen LogP contribution < -0.4 is 21.1 Å². The number of rotatable bonds is 0. The number of hydrogen-bond donors (Lipinski definition) is 0. The lowest BCUT2D eigenvalue weighted by atomic mass is 9.34. The maximum absolute atomic E-state index is 6.94. The highest BCUT2D eigenvalue weighted by molar-refractivity contribution is 6.99. The van der Waals surface area contributed by atoms with Gasteiger partial charge in [-0.15, -0.1) is 0 Å². The first-order valence-electron chi connectivity index (χ1n) is 13.6. The summed E-state index contributed by atoms with van der Waals surface area (Å²) in [6.45, 7) is 8.93. The van der Waals surface area contributed by atoms with Crippen LogP contribution in [0, 0.1) is 6.92 Å². The fourth-order valence-electron chi connectivity index (χ4n) is 6.92. The second kappa shape index (κ2) is 6.92. The van der Waals surface area contributed by atoms with Gasteiger partial charge >= 0.3 is 0 Å². The van der Waals surface area contributed by atoms with Gasteiger partial charge in [0, 0.05) is 10.8 Å². The predicted molar refractivity (Wildman–Crippen MR) is 160 cm³/mol. The molecule has 4 nitrogen and oxygen atoms in total. The van der Waals surface area contributed by atoms with Crippen LogP contribution in [-0.4, -0.2) is 16.5 Å². The summed E-state index contributed by atoms with van der Waals surface area (Å²) in [7, 11) is 0. The molecule has 0 fully saturated rings. The Bertz CT molecular complexity index is 2210. The molecule has 0 radical (unpaired) electrons. The van der Waals surface area contributed by atoms with Crippen LogP contribution in [0.1, 0.15) is 32.0 Å². The summed E-state index contributed by atoms with van der Waals surface area (Å²) in [5, 5.41) is 11.0. The van der Waals surface area contributed by atoms with Crippen molar-refractivity contribution in [2.45, 2.75) is 33.1 Å². The Labute approximate surface area is 225 Å². The number of benzene rings is 5. The van der Waals surface area contributed by atoms with Gasteiger partial charge in [0.25, 0.3) is 6.71 Å². The van der Waals surface area contributed by atoms with Crippen molar-refractivity contribution in [3.63, 3.8) is 0 Å². The zero-order valence-corrected chi connectivity index (χ0v) is 22.3. The highest BCUT2D eigenvalue weighted by Gasteiger charge is 2.42. The number of aromatic nitrogens is 2. The zero-order valence-electron chi connectivity index (χ0n) is 22.3. The molecule has 2 aliphatic heterocycles. The van der Waals surface area contributed by atoms with Crippen LogP contribution in [0.4, 0.5) is 0 Å². The Kier molecular flexibility index (Phi) is 3.80. The van der Waals surface area contributed by atoms with Gasteiger partial charge in [0.2, 0.25) is 0 Å². The largest absolute Gasteiger partial charge is 0.458 e. The van der Waals surface area contributed by atoms with Crippen molar-refractivity contribution in [2.24, 2.45) is 0 Å². The van der Waals surface area contributed by atoms with E-state index in [9.17, 15) is 0 Å². The SMILES string of the molecule is Cc1nn2c3c(cc4ccccc4c13)B1c3ccc4oc5ccccc5c4c3Oc3cc(C(C)(C)C)cc-2c31. The lowest BCUT2D eigenvalue weighted by Gasteiger charge is -2.34. The van der Waals surface area contributed by atoms with Crippen LogP contribution in [0.25, 0.3) is 49.3 Å². The second-order valence-electron chi connectivity index (χ2n) is 12.1. The molecule has 0 bridgehead atoms. The molecule has 7 aromatic rings. The molecule has 2 aromatic heterocycles. The first-order valence-corrected chi connectivity index (χ1v) is 13.6. The molecule has 2 aliphatic rings. The molecular formula is C34H25BN2O2. The monoisotopic (exact) mass is 504 g/mol. The van der Waals surface area contributed by atoms with E-state index in [0.717, 1.165) is 44.8 Å². The van der Waals surface area contributed by atoms with Crippen molar-refractivity contribution >= 4 is 66.7 Å². The standard InChI is InChI=1S/C34H25BN2O2/c1-18-29-21-10-6-5-9-19(21)15-24-32(29)37(36-18)25-16-20(34(2,3)4)17-28-31(25)35(24)23-13-14-27-30(33(23)39-28)22-11-7-8-12-26(22)38-27/h5-17H,1-4H3. The molecule has 0 N–H and O–H groups in total. The van der Waals surface area contributed by atoms with E-state index >= 15 is 0 Å². The summed E-state index contributed by atoms with van der Waals surface area (Å²) in [5.41, 5.74) is 9.92. The minimum Gasteiger partial charge on any atom is -0.458 e. The van der Waals surface area contributed by atoms with Crippen molar-refractivity contribution in [3.05, 3.63) is 90.1 Å². The van der Waals surface area contributed by atoms with Crippen molar-refractivity contribution in [2.75, 3.05) is 0 Å².